The molecule has 1 unspecified atom stereocenters. The minimum atomic E-state index is -0.630. The van der Waals surface area contributed by atoms with Crippen LogP contribution in [-0.4, -0.2) is 37.8 Å². The molecule has 2 bridgehead atoms. The van der Waals surface area contributed by atoms with E-state index in [4.69, 9.17) is 18.9 Å². The van der Waals surface area contributed by atoms with E-state index in [1.165, 1.54) is 0 Å². The molecule has 0 aromatic heterocycles. The fraction of sp³-hybridized carbons (Fsp3) is 0.600. The second-order valence-electron chi connectivity index (χ2n) is 5.28. The van der Waals surface area contributed by atoms with E-state index in [2.05, 4.69) is 12.1 Å². The van der Waals surface area contributed by atoms with Gasteiger partial charge in [0.2, 0.25) is 0 Å². The highest BCUT2D eigenvalue weighted by atomic mass is 16.8. The summed E-state index contributed by atoms with van der Waals surface area (Å²) < 4.78 is 23.2. The van der Waals surface area contributed by atoms with Crippen molar-refractivity contribution in [3.8, 4) is 0 Å². The third-order valence-corrected chi connectivity index (χ3v) is 3.96. The van der Waals surface area contributed by atoms with Crippen LogP contribution in [0.3, 0.4) is 0 Å². The largest absolute Gasteiger partial charge is 0.379 e. The van der Waals surface area contributed by atoms with Gasteiger partial charge in [0, 0.05) is 13.5 Å². The number of fused-ring (bicyclic) bond motifs is 2. The number of rotatable bonds is 4. The van der Waals surface area contributed by atoms with E-state index in [-0.39, 0.29) is 18.3 Å². The molecule has 2 fully saturated rings. The standard InChI is InChI=1S/C15H20O4/c1-15-14(17-9-11-6-4-3-5-7-11)8-12(16-2)13(19-15)10-18-15/h3-7,12-14H,8-10H2,1-2H3/t12-,13+,14+,15?/m1/s1. The number of hydrogen-bond acceptors (Lipinski definition) is 4. The zero-order valence-corrected chi connectivity index (χ0v) is 11.4. The molecule has 2 aliphatic heterocycles. The molecule has 104 valence electrons. The molecule has 2 heterocycles. The zero-order chi connectivity index (χ0) is 13.3. The Morgan fingerprint density at radius 2 is 2.11 bits per heavy atom. The molecule has 19 heavy (non-hydrogen) atoms. The maximum atomic E-state index is 6.00. The van der Waals surface area contributed by atoms with Crippen molar-refractivity contribution in [1.82, 2.24) is 0 Å². The smallest absolute Gasteiger partial charge is 0.192 e. The van der Waals surface area contributed by atoms with Gasteiger partial charge in [-0.05, 0) is 12.5 Å². The van der Waals surface area contributed by atoms with Crippen LogP contribution in [0.1, 0.15) is 18.9 Å². The molecule has 0 saturated carbocycles. The Morgan fingerprint density at radius 1 is 1.32 bits per heavy atom. The summed E-state index contributed by atoms with van der Waals surface area (Å²) in [5.41, 5.74) is 1.15. The summed E-state index contributed by atoms with van der Waals surface area (Å²) in [5, 5.41) is 0. The lowest BCUT2D eigenvalue weighted by atomic mass is 9.98. The fourth-order valence-corrected chi connectivity index (χ4v) is 2.78. The highest BCUT2D eigenvalue weighted by Crippen LogP contribution is 2.39. The van der Waals surface area contributed by atoms with Gasteiger partial charge in [0.1, 0.15) is 12.2 Å². The highest BCUT2D eigenvalue weighted by Gasteiger charge is 2.53. The number of methoxy groups -OCH3 is 1. The first kappa shape index (κ1) is 13.1. The maximum Gasteiger partial charge on any atom is 0.192 e. The Hall–Kier alpha value is -0.940. The van der Waals surface area contributed by atoms with Crippen molar-refractivity contribution in [2.24, 2.45) is 0 Å². The Kier molecular flexibility index (Phi) is 3.58. The summed E-state index contributed by atoms with van der Waals surface area (Å²) in [6.07, 6.45) is 0.796. The summed E-state index contributed by atoms with van der Waals surface area (Å²) >= 11 is 0. The second kappa shape index (κ2) is 5.21. The summed E-state index contributed by atoms with van der Waals surface area (Å²) in [4.78, 5) is 0. The topological polar surface area (TPSA) is 36.9 Å². The number of ether oxygens (including phenoxy) is 4. The van der Waals surface area contributed by atoms with Gasteiger partial charge < -0.3 is 18.9 Å². The minimum Gasteiger partial charge on any atom is -0.379 e. The highest BCUT2D eigenvalue weighted by molar-refractivity contribution is 5.13. The first-order valence-electron chi connectivity index (χ1n) is 6.71. The normalized spacial score (nSPS) is 37.5. The Bertz CT molecular complexity index is 421. The van der Waals surface area contributed by atoms with Crippen LogP contribution >= 0.6 is 0 Å². The molecule has 0 radical (unpaired) electrons. The quantitative estimate of drug-likeness (QED) is 0.834. The summed E-state index contributed by atoms with van der Waals surface area (Å²) in [6.45, 7) is 3.10. The molecule has 1 aromatic carbocycles. The van der Waals surface area contributed by atoms with E-state index >= 15 is 0 Å². The van der Waals surface area contributed by atoms with Gasteiger partial charge in [-0.15, -0.1) is 0 Å². The van der Waals surface area contributed by atoms with Crippen LogP contribution in [-0.2, 0) is 25.6 Å². The van der Waals surface area contributed by atoms with Gasteiger partial charge in [-0.2, -0.15) is 0 Å². The summed E-state index contributed by atoms with van der Waals surface area (Å²) in [7, 11) is 1.71. The van der Waals surface area contributed by atoms with Gasteiger partial charge in [-0.1, -0.05) is 30.3 Å². The molecule has 0 aliphatic carbocycles. The van der Waals surface area contributed by atoms with Gasteiger partial charge in [0.05, 0.1) is 19.3 Å². The molecule has 4 nitrogen and oxygen atoms in total. The van der Waals surface area contributed by atoms with Crippen LogP contribution in [0.25, 0.3) is 0 Å². The molecule has 4 heteroatoms. The van der Waals surface area contributed by atoms with Gasteiger partial charge in [0.15, 0.2) is 5.79 Å². The van der Waals surface area contributed by atoms with Crippen molar-refractivity contribution in [3.05, 3.63) is 35.9 Å². The van der Waals surface area contributed by atoms with Crippen LogP contribution in [0.4, 0.5) is 0 Å². The monoisotopic (exact) mass is 264 g/mol. The minimum absolute atomic E-state index is 0.0339. The predicted octanol–water partition coefficient (Wildman–Crippen LogP) is 2.12. The lowest BCUT2D eigenvalue weighted by molar-refractivity contribution is -0.269. The van der Waals surface area contributed by atoms with Crippen LogP contribution in [0.5, 0.6) is 0 Å². The van der Waals surface area contributed by atoms with E-state index in [1.807, 2.05) is 25.1 Å². The first-order chi connectivity index (χ1) is 9.21. The molecule has 3 rings (SSSR count). The maximum absolute atomic E-state index is 6.00. The van der Waals surface area contributed by atoms with Crippen molar-refractivity contribution in [3.63, 3.8) is 0 Å². The van der Waals surface area contributed by atoms with Crippen LogP contribution < -0.4 is 0 Å². The van der Waals surface area contributed by atoms with Crippen LogP contribution in [0.2, 0.25) is 0 Å². The molecule has 4 atom stereocenters. The fourth-order valence-electron chi connectivity index (χ4n) is 2.78. The third-order valence-electron chi connectivity index (χ3n) is 3.96. The Balaban J connectivity index is 1.66. The van der Waals surface area contributed by atoms with Crippen molar-refractivity contribution in [2.75, 3.05) is 13.7 Å². The van der Waals surface area contributed by atoms with E-state index in [0.29, 0.717) is 13.2 Å². The van der Waals surface area contributed by atoms with Crippen molar-refractivity contribution in [1.29, 1.82) is 0 Å². The molecular weight excluding hydrogens is 244 g/mol. The van der Waals surface area contributed by atoms with E-state index in [9.17, 15) is 0 Å². The summed E-state index contributed by atoms with van der Waals surface area (Å²) in [5.74, 6) is -0.630. The molecule has 2 saturated heterocycles. The lowest BCUT2D eigenvalue weighted by Crippen LogP contribution is -2.51. The molecule has 0 spiro atoms. The van der Waals surface area contributed by atoms with Crippen molar-refractivity contribution < 1.29 is 18.9 Å². The van der Waals surface area contributed by atoms with Crippen LogP contribution in [0.15, 0.2) is 30.3 Å². The third kappa shape index (κ3) is 2.54. The molecular formula is C15H20O4. The average Bonchev–Trinajstić information content (AvgIpc) is 2.78. The molecule has 2 aliphatic rings. The van der Waals surface area contributed by atoms with Crippen LogP contribution in [0, 0.1) is 0 Å². The lowest BCUT2D eigenvalue weighted by Gasteiger charge is -2.39. The van der Waals surface area contributed by atoms with E-state index in [1.54, 1.807) is 7.11 Å². The van der Waals surface area contributed by atoms with Gasteiger partial charge in [-0.3, -0.25) is 0 Å². The van der Waals surface area contributed by atoms with Gasteiger partial charge in [0.25, 0.3) is 0 Å². The van der Waals surface area contributed by atoms with Crippen molar-refractivity contribution >= 4 is 0 Å². The zero-order valence-electron chi connectivity index (χ0n) is 11.4. The van der Waals surface area contributed by atoms with Crippen molar-refractivity contribution in [2.45, 2.75) is 44.1 Å². The number of benzene rings is 1. The SMILES string of the molecule is CO[C@@H]1C[C@H](OCc2ccccc2)C2(C)OC[C@@H]1O2. The Morgan fingerprint density at radius 3 is 2.84 bits per heavy atom. The molecule has 0 N–H and O–H groups in total. The molecule has 0 amide bonds. The average molecular weight is 264 g/mol. The van der Waals surface area contributed by atoms with E-state index in [0.717, 1.165) is 12.0 Å². The summed E-state index contributed by atoms with van der Waals surface area (Å²) in [6, 6.07) is 10.1. The number of hydrogen-bond donors (Lipinski definition) is 0. The second-order valence-corrected chi connectivity index (χ2v) is 5.28. The predicted molar refractivity (Wildman–Crippen MR) is 69.7 cm³/mol. The first-order valence-corrected chi connectivity index (χ1v) is 6.71. The molecule has 1 aromatic rings. The van der Waals surface area contributed by atoms with Gasteiger partial charge in [-0.25, -0.2) is 0 Å². The van der Waals surface area contributed by atoms with Gasteiger partial charge >= 0.3 is 0 Å². The van der Waals surface area contributed by atoms with E-state index < -0.39 is 5.79 Å². The Labute approximate surface area is 113 Å².